The molecule has 6 heteroatoms. The molecule has 0 fully saturated rings. The number of hydrogen-bond donors (Lipinski definition) is 2. The minimum absolute atomic E-state index is 0.136. The Bertz CT molecular complexity index is 635. The summed E-state index contributed by atoms with van der Waals surface area (Å²) in [6.45, 7) is 1.75. The SMILES string of the molecule is CCC(=O)Nc1cc(NC(=O)c2ccco2)ccc1OC. The zero-order valence-corrected chi connectivity index (χ0v) is 11.8. The van der Waals surface area contributed by atoms with Gasteiger partial charge in [0.25, 0.3) is 5.91 Å². The predicted octanol–water partition coefficient (Wildman–Crippen LogP) is 2.89. The largest absolute Gasteiger partial charge is 0.495 e. The van der Waals surface area contributed by atoms with Gasteiger partial charge < -0.3 is 19.8 Å². The maximum Gasteiger partial charge on any atom is 0.291 e. The van der Waals surface area contributed by atoms with E-state index >= 15 is 0 Å². The first kappa shape index (κ1) is 14.6. The first-order valence-corrected chi connectivity index (χ1v) is 6.46. The van der Waals surface area contributed by atoms with Gasteiger partial charge in [-0.1, -0.05) is 6.92 Å². The molecule has 0 spiro atoms. The number of ether oxygens (including phenoxy) is 1. The lowest BCUT2D eigenvalue weighted by Gasteiger charge is -2.12. The third kappa shape index (κ3) is 3.62. The average molecular weight is 288 g/mol. The number of hydrogen-bond acceptors (Lipinski definition) is 4. The third-order valence-corrected chi connectivity index (χ3v) is 2.80. The van der Waals surface area contributed by atoms with Crippen LogP contribution in [0.4, 0.5) is 11.4 Å². The highest BCUT2D eigenvalue weighted by molar-refractivity contribution is 6.03. The molecule has 6 nitrogen and oxygen atoms in total. The van der Waals surface area contributed by atoms with E-state index in [1.165, 1.54) is 13.4 Å². The van der Waals surface area contributed by atoms with E-state index in [9.17, 15) is 9.59 Å². The predicted molar refractivity (Wildman–Crippen MR) is 78.6 cm³/mol. The minimum atomic E-state index is -0.363. The van der Waals surface area contributed by atoms with Crippen molar-refractivity contribution in [3.05, 3.63) is 42.4 Å². The van der Waals surface area contributed by atoms with Crippen LogP contribution in [0.5, 0.6) is 5.75 Å². The van der Waals surface area contributed by atoms with Crippen molar-refractivity contribution in [1.82, 2.24) is 0 Å². The number of anilines is 2. The number of carbonyl (C=O) groups excluding carboxylic acids is 2. The fraction of sp³-hybridized carbons (Fsp3) is 0.200. The molecule has 0 aliphatic rings. The molecule has 0 unspecified atom stereocenters. The highest BCUT2D eigenvalue weighted by Crippen LogP contribution is 2.28. The van der Waals surface area contributed by atoms with Gasteiger partial charge in [-0.3, -0.25) is 9.59 Å². The van der Waals surface area contributed by atoms with E-state index in [1.807, 2.05) is 0 Å². The zero-order chi connectivity index (χ0) is 15.2. The van der Waals surface area contributed by atoms with Gasteiger partial charge in [0.05, 0.1) is 19.1 Å². The third-order valence-electron chi connectivity index (χ3n) is 2.80. The van der Waals surface area contributed by atoms with Crippen LogP contribution in [-0.2, 0) is 4.79 Å². The van der Waals surface area contributed by atoms with Crippen LogP contribution in [0.3, 0.4) is 0 Å². The summed E-state index contributed by atoms with van der Waals surface area (Å²) >= 11 is 0. The topological polar surface area (TPSA) is 80.6 Å². The van der Waals surface area contributed by atoms with Crippen LogP contribution >= 0.6 is 0 Å². The Morgan fingerprint density at radius 2 is 2.05 bits per heavy atom. The fourth-order valence-corrected chi connectivity index (χ4v) is 1.72. The smallest absolute Gasteiger partial charge is 0.291 e. The van der Waals surface area contributed by atoms with Crippen molar-refractivity contribution in [2.24, 2.45) is 0 Å². The summed E-state index contributed by atoms with van der Waals surface area (Å²) in [5.41, 5.74) is 1.03. The normalized spacial score (nSPS) is 10.0. The highest BCUT2D eigenvalue weighted by Gasteiger charge is 2.11. The van der Waals surface area contributed by atoms with Crippen LogP contribution in [-0.4, -0.2) is 18.9 Å². The quantitative estimate of drug-likeness (QED) is 0.886. The molecule has 1 aromatic carbocycles. The molecule has 0 radical (unpaired) electrons. The second kappa shape index (κ2) is 6.60. The van der Waals surface area contributed by atoms with Crippen molar-refractivity contribution in [1.29, 1.82) is 0 Å². The molecule has 1 aromatic heterocycles. The Hall–Kier alpha value is -2.76. The van der Waals surface area contributed by atoms with Crippen LogP contribution < -0.4 is 15.4 Å². The maximum atomic E-state index is 11.9. The number of nitrogens with one attached hydrogen (secondary N) is 2. The molecule has 21 heavy (non-hydrogen) atoms. The van der Waals surface area contributed by atoms with Crippen LogP contribution in [0.25, 0.3) is 0 Å². The average Bonchev–Trinajstić information content (AvgIpc) is 3.01. The minimum Gasteiger partial charge on any atom is -0.495 e. The summed E-state index contributed by atoms with van der Waals surface area (Å²) in [4.78, 5) is 23.4. The van der Waals surface area contributed by atoms with Crippen LogP contribution in [0.15, 0.2) is 41.0 Å². The Morgan fingerprint density at radius 1 is 1.24 bits per heavy atom. The molecule has 2 amide bonds. The molecule has 0 atom stereocenters. The van der Waals surface area contributed by atoms with Gasteiger partial charge in [-0.2, -0.15) is 0 Å². The Morgan fingerprint density at radius 3 is 2.67 bits per heavy atom. The van der Waals surface area contributed by atoms with Crippen molar-refractivity contribution >= 4 is 23.2 Å². The molecule has 2 aromatic rings. The number of amides is 2. The van der Waals surface area contributed by atoms with Crippen molar-refractivity contribution in [3.63, 3.8) is 0 Å². The van der Waals surface area contributed by atoms with Crippen molar-refractivity contribution in [2.75, 3.05) is 17.7 Å². The Labute approximate surface area is 122 Å². The van der Waals surface area contributed by atoms with Gasteiger partial charge >= 0.3 is 0 Å². The van der Waals surface area contributed by atoms with Gasteiger partial charge in [0.2, 0.25) is 5.91 Å². The first-order valence-electron chi connectivity index (χ1n) is 6.46. The maximum absolute atomic E-state index is 11.9. The van der Waals surface area contributed by atoms with Crippen LogP contribution in [0, 0.1) is 0 Å². The van der Waals surface area contributed by atoms with E-state index in [2.05, 4.69) is 10.6 Å². The number of carbonyl (C=O) groups is 2. The lowest BCUT2D eigenvalue weighted by atomic mass is 10.2. The Kier molecular flexibility index (Phi) is 4.61. The van der Waals surface area contributed by atoms with E-state index in [0.717, 1.165) is 0 Å². The van der Waals surface area contributed by atoms with E-state index in [1.54, 1.807) is 37.3 Å². The van der Waals surface area contributed by atoms with Crippen LogP contribution in [0.1, 0.15) is 23.9 Å². The molecule has 2 N–H and O–H groups in total. The molecule has 0 aliphatic heterocycles. The monoisotopic (exact) mass is 288 g/mol. The molecule has 0 saturated carbocycles. The molecular weight excluding hydrogens is 272 g/mol. The second-order valence-corrected chi connectivity index (χ2v) is 4.25. The molecule has 2 rings (SSSR count). The van der Waals surface area contributed by atoms with Gasteiger partial charge in [-0.15, -0.1) is 0 Å². The van der Waals surface area contributed by atoms with Gasteiger partial charge in [0.15, 0.2) is 5.76 Å². The summed E-state index contributed by atoms with van der Waals surface area (Å²) in [7, 11) is 1.51. The number of benzene rings is 1. The molecule has 0 bridgehead atoms. The van der Waals surface area contributed by atoms with Gasteiger partial charge in [-0.25, -0.2) is 0 Å². The molecule has 1 heterocycles. The van der Waals surface area contributed by atoms with Crippen molar-refractivity contribution in [3.8, 4) is 5.75 Å². The van der Waals surface area contributed by atoms with Gasteiger partial charge in [0, 0.05) is 12.1 Å². The molecule has 110 valence electrons. The van der Waals surface area contributed by atoms with Gasteiger partial charge in [0.1, 0.15) is 5.75 Å². The number of furan rings is 1. The van der Waals surface area contributed by atoms with Crippen molar-refractivity contribution < 1.29 is 18.7 Å². The summed E-state index contributed by atoms with van der Waals surface area (Å²) in [6, 6.07) is 8.19. The van der Waals surface area contributed by atoms with E-state index < -0.39 is 0 Å². The van der Waals surface area contributed by atoms with Crippen molar-refractivity contribution in [2.45, 2.75) is 13.3 Å². The summed E-state index contributed by atoms with van der Waals surface area (Å²) in [6.07, 6.45) is 1.78. The molecule has 0 aliphatic carbocycles. The first-order chi connectivity index (χ1) is 10.1. The lowest BCUT2D eigenvalue weighted by Crippen LogP contribution is -2.13. The Balaban J connectivity index is 2.19. The molecular formula is C15H16N2O4. The summed E-state index contributed by atoms with van der Waals surface area (Å²) < 4.78 is 10.2. The van der Waals surface area contributed by atoms with E-state index in [4.69, 9.17) is 9.15 Å². The second-order valence-electron chi connectivity index (χ2n) is 4.25. The fourth-order valence-electron chi connectivity index (χ4n) is 1.72. The number of rotatable bonds is 5. The summed E-state index contributed by atoms with van der Waals surface area (Å²) in [5.74, 6) is 0.235. The van der Waals surface area contributed by atoms with Crippen LogP contribution in [0.2, 0.25) is 0 Å². The molecule has 0 saturated heterocycles. The lowest BCUT2D eigenvalue weighted by molar-refractivity contribution is -0.115. The standard InChI is InChI=1S/C15H16N2O4/c1-3-14(18)17-11-9-10(6-7-12(11)20-2)16-15(19)13-5-4-8-21-13/h4-9H,3H2,1-2H3,(H,16,19)(H,17,18). The summed E-state index contributed by atoms with van der Waals surface area (Å²) in [5, 5.41) is 5.41. The number of methoxy groups -OCH3 is 1. The van der Waals surface area contributed by atoms with E-state index in [-0.39, 0.29) is 17.6 Å². The highest BCUT2D eigenvalue weighted by atomic mass is 16.5. The van der Waals surface area contributed by atoms with E-state index in [0.29, 0.717) is 23.5 Å². The zero-order valence-electron chi connectivity index (χ0n) is 11.8. The van der Waals surface area contributed by atoms with Gasteiger partial charge in [-0.05, 0) is 30.3 Å².